The third-order valence-corrected chi connectivity index (χ3v) is 13.2. The van der Waals surface area contributed by atoms with E-state index in [1.165, 1.54) is 12.4 Å². The smallest absolute Gasteiger partial charge is 0.257 e. The highest BCUT2D eigenvalue weighted by Gasteiger charge is 2.45. The van der Waals surface area contributed by atoms with Gasteiger partial charge in [-0.25, -0.2) is 27.1 Å². The van der Waals surface area contributed by atoms with E-state index in [0.29, 0.717) is 31.7 Å². The highest BCUT2D eigenvalue weighted by atomic mass is 32.2. The Labute approximate surface area is 261 Å². The van der Waals surface area contributed by atoms with Gasteiger partial charge in [0.2, 0.25) is 10.0 Å². The first-order valence-corrected chi connectivity index (χ1v) is 17.8. The van der Waals surface area contributed by atoms with Gasteiger partial charge in [-0.1, -0.05) is 12.1 Å². The third-order valence-electron chi connectivity index (χ3n) is 10.8. The summed E-state index contributed by atoms with van der Waals surface area (Å²) in [6.45, 7) is 13.5. The van der Waals surface area contributed by atoms with Crippen LogP contribution in [0.15, 0.2) is 30.6 Å². The number of carbonyl (C=O) groups is 1. The van der Waals surface area contributed by atoms with Crippen molar-refractivity contribution in [2.45, 2.75) is 89.1 Å². The van der Waals surface area contributed by atoms with Gasteiger partial charge in [-0.2, -0.15) is 0 Å². The fraction of sp³-hybridized carbons (Fsp3) is 0.667. The maximum atomic E-state index is 14.5. The maximum Gasteiger partial charge on any atom is 0.257 e. The molecule has 4 aliphatic rings. The van der Waals surface area contributed by atoms with E-state index >= 15 is 0 Å². The zero-order valence-electron chi connectivity index (χ0n) is 26.6. The van der Waals surface area contributed by atoms with Gasteiger partial charge in [-0.3, -0.25) is 14.6 Å². The van der Waals surface area contributed by atoms with E-state index in [-0.39, 0.29) is 40.5 Å². The molecule has 1 aliphatic carbocycles. The molecule has 1 saturated carbocycles. The fourth-order valence-corrected chi connectivity index (χ4v) is 9.76. The number of hydrogen-bond donors (Lipinski definition) is 0. The quantitative estimate of drug-likeness (QED) is 0.456. The number of rotatable bonds is 7. The molecule has 2 atom stereocenters. The van der Waals surface area contributed by atoms with E-state index in [2.05, 4.69) is 33.6 Å². The van der Waals surface area contributed by atoms with Gasteiger partial charge >= 0.3 is 0 Å². The Hall–Kier alpha value is -2.47. The standard InChI is InChI=1S/C33H47FN6O3S/c1-23-21-38(33(4)12-16-37(17-13-33)32(41)30-24(2)35-22-36-25(30)3)18-19-40(23)31(27-6-5-7-28(34)20-27)26-10-14-39(15-11-26)44(42,43)29-8-9-29/h5-7,20,22-23,26,29,31H,8-19,21H2,1-4H3/t23-,31+/m1/s1. The highest BCUT2D eigenvalue weighted by molar-refractivity contribution is 7.90. The van der Waals surface area contributed by atoms with E-state index < -0.39 is 10.0 Å². The predicted molar refractivity (Wildman–Crippen MR) is 168 cm³/mol. The van der Waals surface area contributed by atoms with Crippen LogP contribution in [0.3, 0.4) is 0 Å². The van der Waals surface area contributed by atoms with Gasteiger partial charge in [-0.15, -0.1) is 0 Å². The minimum Gasteiger partial charge on any atom is -0.338 e. The second kappa shape index (κ2) is 12.4. The number of carbonyl (C=O) groups excluding carboxylic acids is 1. The molecule has 44 heavy (non-hydrogen) atoms. The molecule has 0 radical (unpaired) electrons. The lowest BCUT2D eigenvalue weighted by molar-refractivity contribution is -0.0422. The number of nitrogens with zero attached hydrogens (tertiary/aromatic N) is 6. The molecule has 1 aromatic carbocycles. The molecule has 3 aliphatic heterocycles. The van der Waals surface area contributed by atoms with Gasteiger partial charge in [0.1, 0.15) is 12.1 Å². The van der Waals surface area contributed by atoms with Crippen LogP contribution < -0.4 is 0 Å². The molecule has 240 valence electrons. The molecule has 0 unspecified atom stereocenters. The minimum atomic E-state index is -3.18. The Bertz CT molecular complexity index is 1450. The van der Waals surface area contributed by atoms with E-state index in [0.717, 1.165) is 75.1 Å². The first-order chi connectivity index (χ1) is 21.0. The molecule has 0 spiro atoms. The maximum absolute atomic E-state index is 14.5. The van der Waals surface area contributed by atoms with Gasteiger partial charge in [0.05, 0.1) is 22.2 Å². The van der Waals surface area contributed by atoms with Crippen molar-refractivity contribution in [2.75, 3.05) is 45.8 Å². The number of sulfonamides is 1. The topological polar surface area (TPSA) is 90.0 Å². The number of aryl methyl sites for hydroxylation is 2. The van der Waals surface area contributed by atoms with Crippen molar-refractivity contribution in [1.29, 1.82) is 0 Å². The zero-order chi connectivity index (χ0) is 31.2. The van der Waals surface area contributed by atoms with Crippen LogP contribution in [0.5, 0.6) is 0 Å². The first-order valence-electron chi connectivity index (χ1n) is 16.3. The number of piperazine rings is 1. The summed E-state index contributed by atoms with van der Waals surface area (Å²) in [6.07, 6.45) is 6.45. The first kappa shape index (κ1) is 31.5. The van der Waals surface area contributed by atoms with Gasteiger partial charge in [0, 0.05) is 63.4 Å². The van der Waals surface area contributed by atoms with Gasteiger partial charge < -0.3 is 4.90 Å². The number of hydrogen-bond acceptors (Lipinski definition) is 7. The Morgan fingerprint density at radius 1 is 0.977 bits per heavy atom. The lowest BCUT2D eigenvalue weighted by Gasteiger charge is -2.54. The van der Waals surface area contributed by atoms with Crippen LogP contribution in [0, 0.1) is 25.6 Å². The minimum absolute atomic E-state index is 0.00866. The van der Waals surface area contributed by atoms with Gasteiger partial charge in [-0.05, 0) is 89.8 Å². The second-order valence-electron chi connectivity index (χ2n) is 13.7. The summed E-state index contributed by atoms with van der Waals surface area (Å²) >= 11 is 0. The van der Waals surface area contributed by atoms with Crippen molar-refractivity contribution in [3.05, 3.63) is 58.9 Å². The van der Waals surface area contributed by atoms with Crippen molar-refractivity contribution in [2.24, 2.45) is 5.92 Å². The number of aromatic nitrogens is 2. The van der Waals surface area contributed by atoms with E-state index in [4.69, 9.17) is 0 Å². The molecule has 3 saturated heterocycles. The summed E-state index contributed by atoms with van der Waals surface area (Å²) in [5.41, 5.74) is 3.05. The van der Waals surface area contributed by atoms with Crippen LogP contribution in [-0.4, -0.2) is 106 Å². The highest BCUT2D eigenvalue weighted by Crippen LogP contribution is 2.41. The second-order valence-corrected chi connectivity index (χ2v) is 15.9. The van der Waals surface area contributed by atoms with Crippen LogP contribution in [0.1, 0.15) is 85.7 Å². The lowest BCUT2D eigenvalue weighted by Crippen LogP contribution is -2.63. The van der Waals surface area contributed by atoms with E-state index in [1.807, 2.05) is 24.8 Å². The van der Waals surface area contributed by atoms with Gasteiger partial charge in [0.15, 0.2) is 0 Å². The summed E-state index contributed by atoms with van der Waals surface area (Å²) < 4.78 is 42.0. The molecule has 0 N–H and O–H groups in total. The molecule has 11 heteroatoms. The number of amides is 1. The molecule has 0 bridgehead atoms. The number of likely N-dealkylation sites (tertiary alicyclic amines) is 1. The average Bonchev–Trinajstić information content (AvgIpc) is 3.85. The molecule has 4 fully saturated rings. The SMILES string of the molecule is Cc1ncnc(C)c1C(=O)N1CCC(C)(N2CCN([C@H](c3cccc(F)c3)C3CCN(S(=O)(=O)C4CC4)CC3)[C@H](C)C2)CC1. The number of piperidine rings is 2. The van der Waals surface area contributed by atoms with Crippen LogP contribution >= 0.6 is 0 Å². The van der Waals surface area contributed by atoms with Crippen molar-refractivity contribution in [3.63, 3.8) is 0 Å². The van der Waals surface area contributed by atoms with Crippen molar-refractivity contribution < 1.29 is 17.6 Å². The molecule has 9 nitrogen and oxygen atoms in total. The number of halogens is 1. The lowest BCUT2D eigenvalue weighted by atomic mass is 9.82. The van der Waals surface area contributed by atoms with E-state index in [1.54, 1.807) is 16.4 Å². The molecule has 6 rings (SSSR count). The predicted octanol–water partition coefficient (Wildman–Crippen LogP) is 4.18. The number of benzene rings is 1. The average molecular weight is 627 g/mol. The van der Waals surface area contributed by atoms with Crippen molar-refractivity contribution >= 4 is 15.9 Å². The van der Waals surface area contributed by atoms with Crippen LogP contribution in [0.2, 0.25) is 0 Å². The van der Waals surface area contributed by atoms with Crippen LogP contribution in [0.25, 0.3) is 0 Å². The van der Waals surface area contributed by atoms with E-state index in [9.17, 15) is 17.6 Å². The van der Waals surface area contributed by atoms with Crippen molar-refractivity contribution in [3.8, 4) is 0 Å². The summed E-state index contributed by atoms with van der Waals surface area (Å²) in [7, 11) is -3.18. The summed E-state index contributed by atoms with van der Waals surface area (Å²) in [5, 5.41) is -0.182. The molecular formula is C33H47FN6O3S. The largest absolute Gasteiger partial charge is 0.338 e. The normalized spacial score (nSPS) is 25.2. The molecule has 1 aromatic heterocycles. The monoisotopic (exact) mass is 626 g/mol. The molecular weight excluding hydrogens is 579 g/mol. The van der Waals surface area contributed by atoms with Crippen molar-refractivity contribution in [1.82, 2.24) is 29.0 Å². The summed E-state index contributed by atoms with van der Waals surface area (Å²) in [4.78, 5) is 29.0. The Morgan fingerprint density at radius 3 is 2.23 bits per heavy atom. The fourth-order valence-electron chi connectivity index (χ4n) is 7.89. The zero-order valence-corrected chi connectivity index (χ0v) is 27.4. The van der Waals surface area contributed by atoms with Crippen LogP contribution in [0.4, 0.5) is 4.39 Å². The Balaban J connectivity index is 1.12. The van der Waals surface area contributed by atoms with Gasteiger partial charge in [0.25, 0.3) is 5.91 Å². The summed E-state index contributed by atoms with van der Waals surface area (Å²) in [5.74, 6) is 0.0544. The van der Waals surface area contributed by atoms with Crippen LogP contribution in [-0.2, 0) is 10.0 Å². The molecule has 2 aromatic rings. The molecule has 1 amide bonds. The third kappa shape index (κ3) is 6.17. The Morgan fingerprint density at radius 2 is 1.64 bits per heavy atom. The Kier molecular flexibility index (Phi) is 8.86. The summed E-state index contributed by atoms with van der Waals surface area (Å²) in [6, 6.07) is 7.29. The molecule has 4 heterocycles.